The number of hydrogen-bond donors (Lipinski definition) is 1. The van der Waals surface area contributed by atoms with Crippen LogP contribution in [0, 0.1) is 5.41 Å². The lowest BCUT2D eigenvalue weighted by atomic mass is 9.61. The number of ether oxygens (including phenoxy) is 1. The number of nitrogens with two attached hydrogens (primary N) is 1. The summed E-state index contributed by atoms with van der Waals surface area (Å²) in [5.41, 5.74) is 8.38. The molecule has 0 bridgehead atoms. The van der Waals surface area contributed by atoms with E-state index < -0.39 is 5.54 Å². The van der Waals surface area contributed by atoms with Crippen molar-refractivity contribution in [1.82, 2.24) is 9.88 Å². The second kappa shape index (κ2) is 7.39. The molecule has 2 aromatic rings. The summed E-state index contributed by atoms with van der Waals surface area (Å²) in [7, 11) is 1.78. The molecular formula is C23H27BrN4O2S. The van der Waals surface area contributed by atoms with Gasteiger partial charge in [-0.3, -0.25) is 9.69 Å². The van der Waals surface area contributed by atoms with Crippen LogP contribution in [0.2, 0.25) is 0 Å². The molecule has 6 nitrogen and oxygen atoms in total. The fourth-order valence-corrected chi connectivity index (χ4v) is 7.11. The summed E-state index contributed by atoms with van der Waals surface area (Å²) in [6, 6.07) is 6.38. The number of fused-ring (bicyclic) bond motifs is 3. The highest BCUT2D eigenvalue weighted by Gasteiger charge is 2.66. The molecule has 1 aliphatic heterocycles. The van der Waals surface area contributed by atoms with Crippen LogP contribution < -0.4 is 5.73 Å². The Hall–Kier alpha value is -1.77. The molecule has 5 rings (SSSR count). The molecule has 1 atom stereocenters. The first-order valence-corrected chi connectivity index (χ1v) is 12.5. The van der Waals surface area contributed by atoms with E-state index in [-0.39, 0.29) is 23.5 Å². The fourth-order valence-electron chi connectivity index (χ4n) is 5.86. The highest BCUT2D eigenvalue weighted by atomic mass is 79.9. The molecule has 1 aromatic carbocycles. The Morgan fingerprint density at radius 1 is 1.32 bits per heavy atom. The molecule has 2 N–H and O–H groups in total. The van der Waals surface area contributed by atoms with E-state index in [1.165, 1.54) is 5.56 Å². The van der Waals surface area contributed by atoms with E-state index in [4.69, 9.17) is 15.5 Å². The zero-order valence-corrected chi connectivity index (χ0v) is 20.4. The smallest absolute Gasteiger partial charge is 0.262 e. The maximum Gasteiger partial charge on any atom is 0.262 e. The van der Waals surface area contributed by atoms with Crippen molar-refractivity contribution in [2.75, 3.05) is 7.11 Å². The quantitative estimate of drug-likeness (QED) is 0.671. The number of nitrogens with zero attached hydrogens (tertiary/aromatic N) is 3. The first-order chi connectivity index (χ1) is 14.8. The molecule has 1 unspecified atom stereocenters. The Bertz CT molecular complexity index is 1070. The average molecular weight is 503 g/mol. The van der Waals surface area contributed by atoms with Gasteiger partial charge in [-0.1, -0.05) is 12.1 Å². The van der Waals surface area contributed by atoms with Gasteiger partial charge in [-0.2, -0.15) is 0 Å². The summed E-state index contributed by atoms with van der Waals surface area (Å²) >= 11 is 5.04. The first kappa shape index (κ1) is 21.1. The number of aliphatic imine (C=N–C) groups is 1. The topological polar surface area (TPSA) is 80.8 Å². The molecule has 31 heavy (non-hydrogen) atoms. The molecule has 2 aliphatic carbocycles. The Morgan fingerprint density at radius 2 is 2.06 bits per heavy atom. The minimum atomic E-state index is -0.958. The van der Waals surface area contributed by atoms with Gasteiger partial charge in [0.15, 0.2) is 11.5 Å². The van der Waals surface area contributed by atoms with Crippen molar-refractivity contribution in [3.63, 3.8) is 0 Å². The zero-order valence-electron chi connectivity index (χ0n) is 18.0. The number of aromatic nitrogens is 1. The van der Waals surface area contributed by atoms with Crippen molar-refractivity contribution in [3.8, 4) is 10.6 Å². The third-order valence-electron chi connectivity index (χ3n) is 7.32. The molecule has 8 heteroatoms. The van der Waals surface area contributed by atoms with Gasteiger partial charge in [0.2, 0.25) is 0 Å². The minimum Gasteiger partial charge on any atom is -0.381 e. The predicted molar refractivity (Wildman–Crippen MR) is 126 cm³/mol. The van der Waals surface area contributed by atoms with E-state index in [0.29, 0.717) is 5.96 Å². The van der Waals surface area contributed by atoms with Crippen molar-refractivity contribution in [1.29, 1.82) is 0 Å². The van der Waals surface area contributed by atoms with Gasteiger partial charge < -0.3 is 10.5 Å². The molecule has 3 aliphatic rings. The molecule has 2 heterocycles. The lowest BCUT2D eigenvalue weighted by molar-refractivity contribution is -0.139. The van der Waals surface area contributed by atoms with Crippen LogP contribution in [0.15, 0.2) is 33.2 Å². The molecule has 1 amide bonds. The van der Waals surface area contributed by atoms with Gasteiger partial charge in [0.25, 0.3) is 5.91 Å². The standard InChI is InChI=1S/C23H27BrN4O2S/c1-13(2)28-20(29)23(27-21(28)25)17-10-14(19-26-18(24)12-31-19)4-5-15(17)11-22(23)8-6-16(30-3)7-9-22/h4-5,10,12-13,16H,6-9,11H2,1-3H3,(H2,25,27). The summed E-state index contributed by atoms with van der Waals surface area (Å²) < 4.78 is 6.46. The Morgan fingerprint density at radius 3 is 2.65 bits per heavy atom. The molecule has 0 saturated heterocycles. The van der Waals surface area contributed by atoms with Crippen LogP contribution in [0.1, 0.15) is 50.7 Å². The molecule has 1 aromatic heterocycles. The van der Waals surface area contributed by atoms with Gasteiger partial charge in [-0.05, 0) is 79.1 Å². The number of thiazole rings is 1. The number of hydrogen-bond acceptors (Lipinski definition) is 6. The van der Waals surface area contributed by atoms with Gasteiger partial charge >= 0.3 is 0 Å². The van der Waals surface area contributed by atoms with Crippen molar-refractivity contribution in [3.05, 3.63) is 39.3 Å². The fraction of sp³-hybridized carbons (Fsp3) is 0.522. The maximum atomic E-state index is 14.1. The number of carbonyl (C=O) groups excluding carboxylic acids is 1. The summed E-state index contributed by atoms with van der Waals surface area (Å²) in [4.78, 5) is 25.4. The van der Waals surface area contributed by atoms with E-state index in [1.54, 1.807) is 23.3 Å². The van der Waals surface area contributed by atoms with E-state index in [2.05, 4.69) is 39.1 Å². The highest BCUT2D eigenvalue weighted by molar-refractivity contribution is 9.10. The predicted octanol–water partition coefficient (Wildman–Crippen LogP) is 4.46. The summed E-state index contributed by atoms with van der Waals surface area (Å²) in [5.74, 6) is 0.357. The van der Waals surface area contributed by atoms with Gasteiger partial charge in [-0.15, -0.1) is 11.3 Å². The van der Waals surface area contributed by atoms with Crippen molar-refractivity contribution < 1.29 is 9.53 Å². The normalized spacial score (nSPS) is 30.0. The maximum absolute atomic E-state index is 14.1. The lowest BCUT2D eigenvalue weighted by Crippen LogP contribution is -2.53. The monoisotopic (exact) mass is 502 g/mol. The van der Waals surface area contributed by atoms with Crippen molar-refractivity contribution >= 4 is 39.1 Å². The van der Waals surface area contributed by atoms with E-state index in [1.807, 2.05) is 19.2 Å². The van der Waals surface area contributed by atoms with Gasteiger partial charge in [0.05, 0.1) is 6.10 Å². The Labute approximate surface area is 195 Å². The largest absolute Gasteiger partial charge is 0.381 e. The van der Waals surface area contributed by atoms with Crippen LogP contribution in [0.4, 0.5) is 0 Å². The number of halogens is 1. The first-order valence-electron chi connectivity index (χ1n) is 10.8. The number of methoxy groups -OCH3 is 1. The van der Waals surface area contributed by atoms with Crippen molar-refractivity contribution in [2.24, 2.45) is 16.1 Å². The SMILES string of the molecule is COC1CCC2(CC1)Cc1ccc(-c3nc(Br)cs3)cc1C21N=C(N)N(C(C)C)C1=O. The molecule has 1 fully saturated rings. The van der Waals surface area contributed by atoms with Gasteiger partial charge in [-0.25, -0.2) is 9.98 Å². The molecule has 0 radical (unpaired) electrons. The number of rotatable bonds is 3. The lowest BCUT2D eigenvalue weighted by Gasteiger charge is -2.45. The van der Waals surface area contributed by atoms with Crippen LogP contribution in [-0.2, 0) is 21.5 Å². The van der Waals surface area contributed by atoms with Crippen LogP contribution in [0.25, 0.3) is 10.6 Å². The van der Waals surface area contributed by atoms with Crippen molar-refractivity contribution in [2.45, 2.75) is 63.6 Å². The Kier molecular flexibility index (Phi) is 5.03. The van der Waals surface area contributed by atoms with E-state index in [0.717, 1.165) is 52.8 Å². The summed E-state index contributed by atoms with van der Waals surface area (Å²) in [6.07, 6.45) is 4.74. The second-order valence-corrected chi connectivity index (χ2v) is 10.9. The van der Waals surface area contributed by atoms with Crippen LogP contribution in [0.5, 0.6) is 0 Å². The number of amides is 1. The summed E-state index contributed by atoms with van der Waals surface area (Å²) in [5, 5.41) is 2.90. The molecule has 2 spiro atoms. The van der Waals surface area contributed by atoms with Crippen LogP contribution in [0.3, 0.4) is 0 Å². The molecule has 164 valence electrons. The summed E-state index contributed by atoms with van der Waals surface area (Å²) in [6.45, 7) is 3.99. The third kappa shape index (κ3) is 2.94. The number of benzene rings is 1. The van der Waals surface area contributed by atoms with Gasteiger partial charge in [0.1, 0.15) is 9.61 Å². The molecular weight excluding hydrogens is 476 g/mol. The average Bonchev–Trinajstić information content (AvgIpc) is 3.37. The van der Waals surface area contributed by atoms with E-state index >= 15 is 0 Å². The second-order valence-electron chi connectivity index (χ2n) is 9.19. The van der Waals surface area contributed by atoms with E-state index in [9.17, 15) is 4.79 Å². The third-order valence-corrected chi connectivity index (χ3v) is 8.92. The van der Waals surface area contributed by atoms with Crippen LogP contribution >= 0.6 is 27.3 Å². The number of carbonyl (C=O) groups is 1. The molecule has 1 saturated carbocycles. The van der Waals surface area contributed by atoms with Gasteiger partial charge in [0, 0.05) is 29.5 Å². The number of guanidine groups is 1. The highest BCUT2D eigenvalue weighted by Crippen LogP contribution is 2.62. The van der Waals surface area contributed by atoms with Crippen LogP contribution in [-0.4, -0.2) is 41.0 Å². The zero-order chi connectivity index (χ0) is 22.0. The Balaban J connectivity index is 1.68. The minimum absolute atomic E-state index is 0.0205.